The Kier molecular flexibility index (Phi) is 10.4. The molecular formula is C22H28F3IN4O. The number of hydrogen-bond acceptors (Lipinski definition) is 3. The highest BCUT2D eigenvalue weighted by atomic mass is 127. The van der Waals surface area contributed by atoms with Crippen molar-refractivity contribution in [2.45, 2.75) is 25.4 Å². The number of rotatable bonds is 7. The van der Waals surface area contributed by atoms with Gasteiger partial charge < -0.3 is 15.4 Å². The molecule has 0 radical (unpaired) electrons. The van der Waals surface area contributed by atoms with E-state index in [4.69, 9.17) is 4.74 Å². The van der Waals surface area contributed by atoms with E-state index in [1.165, 1.54) is 18.2 Å². The number of piperidine rings is 1. The van der Waals surface area contributed by atoms with Gasteiger partial charge in [0.2, 0.25) is 0 Å². The van der Waals surface area contributed by atoms with Crippen LogP contribution in [0, 0.1) is 17.5 Å². The molecule has 0 amide bonds. The van der Waals surface area contributed by atoms with Crippen LogP contribution in [0.5, 0.6) is 5.75 Å². The lowest BCUT2D eigenvalue weighted by atomic mass is 10.0. The van der Waals surface area contributed by atoms with Crippen LogP contribution in [0.4, 0.5) is 13.2 Å². The summed E-state index contributed by atoms with van der Waals surface area (Å²) >= 11 is 0. The lowest BCUT2D eigenvalue weighted by Gasteiger charge is -2.33. The first kappa shape index (κ1) is 25.3. The maximum Gasteiger partial charge on any atom is 0.191 e. The van der Waals surface area contributed by atoms with Gasteiger partial charge >= 0.3 is 0 Å². The average molecular weight is 548 g/mol. The van der Waals surface area contributed by atoms with Gasteiger partial charge in [0.1, 0.15) is 18.2 Å². The second-order valence-corrected chi connectivity index (χ2v) is 7.24. The number of benzene rings is 2. The van der Waals surface area contributed by atoms with Gasteiger partial charge in [0.15, 0.2) is 17.6 Å². The van der Waals surface area contributed by atoms with Gasteiger partial charge in [-0.1, -0.05) is 12.1 Å². The van der Waals surface area contributed by atoms with Crippen molar-refractivity contribution in [1.82, 2.24) is 15.5 Å². The van der Waals surface area contributed by atoms with E-state index in [0.29, 0.717) is 25.2 Å². The molecule has 1 fully saturated rings. The fourth-order valence-corrected chi connectivity index (χ4v) is 3.38. The third-order valence-electron chi connectivity index (χ3n) is 5.03. The molecule has 0 aromatic heterocycles. The summed E-state index contributed by atoms with van der Waals surface area (Å²) < 4.78 is 44.6. The maximum absolute atomic E-state index is 13.2. The quantitative estimate of drug-likeness (QED) is 0.239. The zero-order valence-corrected chi connectivity index (χ0v) is 19.7. The Hall–Kier alpha value is -2.01. The Balaban J connectivity index is 0.00000341. The van der Waals surface area contributed by atoms with Crippen LogP contribution in [0.2, 0.25) is 0 Å². The Morgan fingerprint density at radius 3 is 2.42 bits per heavy atom. The average Bonchev–Trinajstić information content (AvgIpc) is 2.75. The van der Waals surface area contributed by atoms with Crippen molar-refractivity contribution in [2.75, 3.05) is 33.3 Å². The van der Waals surface area contributed by atoms with Gasteiger partial charge in [-0.05, 0) is 42.7 Å². The molecule has 5 nitrogen and oxygen atoms in total. The minimum Gasteiger partial charge on any atom is -0.492 e. The number of ether oxygens (including phenoxy) is 1. The lowest BCUT2D eigenvalue weighted by molar-refractivity contribution is 0.198. The first-order valence-corrected chi connectivity index (χ1v) is 10.1. The van der Waals surface area contributed by atoms with E-state index >= 15 is 0 Å². The molecule has 0 bridgehead atoms. The van der Waals surface area contributed by atoms with Crippen LogP contribution in [0.3, 0.4) is 0 Å². The summed E-state index contributed by atoms with van der Waals surface area (Å²) in [5.74, 6) is -1.07. The fourth-order valence-electron chi connectivity index (χ4n) is 3.38. The number of nitrogens with one attached hydrogen (secondary N) is 2. The number of guanidine groups is 1. The van der Waals surface area contributed by atoms with Crippen LogP contribution in [0.25, 0.3) is 0 Å². The van der Waals surface area contributed by atoms with Crippen molar-refractivity contribution in [3.8, 4) is 5.75 Å². The van der Waals surface area contributed by atoms with Gasteiger partial charge in [0, 0.05) is 38.8 Å². The summed E-state index contributed by atoms with van der Waals surface area (Å²) in [6.45, 7) is 3.49. The molecule has 0 atom stereocenters. The van der Waals surface area contributed by atoms with Crippen LogP contribution in [-0.2, 0) is 6.54 Å². The minimum atomic E-state index is -0.927. The van der Waals surface area contributed by atoms with Crippen molar-refractivity contribution in [1.29, 1.82) is 0 Å². The highest BCUT2D eigenvalue weighted by Crippen LogP contribution is 2.16. The Labute approximate surface area is 198 Å². The van der Waals surface area contributed by atoms with E-state index < -0.39 is 11.6 Å². The molecule has 31 heavy (non-hydrogen) atoms. The SMILES string of the molecule is CN=C(NCCOc1ccc(F)c(F)c1)NC1CCN(Cc2ccc(F)cc2)CC1.I. The normalized spacial score (nSPS) is 15.3. The highest BCUT2D eigenvalue weighted by Gasteiger charge is 2.20. The molecule has 1 saturated heterocycles. The van der Waals surface area contributed by atoms with E-state index in [0.717, 1.165) is 50.2 Å². The minimum absolute atomic E-state index is 0. The number of likely N-dealkylation sites (tertiary alicyclic amines) is 1. The third-order valence-corrected chi connectivity index (χ3v) is 5.03. The monoisotopic (exact) mass is 548 g/mol. The van der Waals surface area contributed by atoms with Gasteiger partial charge in [-0.15, -0.1) is 24.0 Å². The molecule has 0 spiro atoms. The van der Waals surface area contributed by atoms with Crippen LogP contribution in [0.1, 0.15) is 18.4 Å². The summed E-state index contributed by atoms with van der Waals surface area (Å²) in [6.07, 6.45) is 1.96. The van der Waals surface area contributed by atoms with Gasteiger partial charge in [-0.2, -0.15) is 0 Å². The zero-order chi connectivity index (χ0) is 21.3. The highest BCUT2D eigenvalue weighted by molar-refractivity contribution is 14.0. The molecule has 1 heterocycles. The molecule has 1 aliphatic rings. The first-order chi connectivity index (χ1) is 14.5. The molecule has 1 aliphatic heterocycles. The van der Waals surface area contributed by atoms with Gasteiger partial charge in [0.05, 0.1) is 6.54 Å². The molecule has 0 saturated carbocycles. The zero-order valence-electron chi connectivity index (χ0n) is 17.4. The third kappa shape index (κ3) is 8.21. The first-order valence-electron chi connectivity index (χ1n) is 10.1. The predicted molar refractivity (Wildman–Crippen MR) is 126 cm³/mol. The second kappa shape index (κ2) is 12.7. The molecule has 3 rings (SSSR count). The molecule has 0 unspecified atom stereocenters. The van der Waals surface area contributed by atoms with E-state index in [1.807, 2.05) is 12.1 Å². The maximum atomic E-state index is 13.2. The van der Waals surface area contributed by atoms with Crippen molar-refractivity contribution in [2.24, 2.45) is 4.99 Å². The molecular weight excluding hydrogens is 520 g/mol. The van der Waals surface area contributed by atoms with Crippen molar-refractivity contribution in [3.63, 3.8) is 0 Å². The largest absolute Gasteiger partial charge is 0.492 e. The van der Waals surface area contributed by atoms with Crippen molar-refractivity contribution >= 4 is 29.9 Å². The molecule has 0 aliphatic carbocycles. The van der Waals surface area contributed by atoms with E-state index in [-0.39, 0.29) is 35.5 Å². The van der Waals surface area contributed by atoms with Gasteiger partial charge in [-0.25, -0.2) is 13.2 Å². The summed E-state index contributed by atoms with van der Waals surface area (Å²) in [7, 11) is 1.70. The van der Waals surface area contributed by atoms with E-state index in [1.54, 1.807) is 7.05 Å². The van der Waals surface area contributed by atoms with E-state index in [2.05, 4.69) is 20.5 Å². The smallest absolute Gasteiger partial charge is 0.191 e. The standard InChI is InChI=1S/C22H27F3N4O.HI/c1-26-22(27-10-13-30-19-6-7-20(24)21(25)14-19)28-18-8-11-29(12-9-18)15-16-2-4-17(23)5-3-16;/h2-7,14,18H,8-13,15H2,1H3,(H2,26,27,28);1H. The summed E-state index contributed by atoms with van der Waals surface area (Å²) in [6, 6.07) is 10.4. The molecule has 2 N–H and O–H groups in total. The Morgan fingerprint density at radius 1 is 1.06 bits per heavy atom. The second-order valence-electron chi connectivity index (χ2n) is 7.24. The molecule has 9 heteroatoms. The van der Waals surface area contributed by atoms with Crippen LogP contribution >= 0.6 is 24.0 Å². The number of hydrogen-bond donors (Lipinski definition) is 2. The number of nitrogens with zero attached hydrogens (tertiary/aromatic N) is 2. The van der Waals surface area contributed by atoms with Gasteiger partial charge in [-0.3, -0.25) is 9.89 Å². The lowest BCUT2D eigenvalue weighted by Crippen LogP contribution is -2.49. The Bertz CT molecular complexity index is 843. The topological polar surface area (TPSA) is 48.9 Å². The van der Waals surface area contributed by atoms with Crippen LogP contribution in [0.15, 0.2) is 47.5 Å². The van der Waals surface area contributed by atoms with Crippen LogP contribution < -0.4 is 15.4 Å². The number of aliphatic imine (C=N–C) groups is 1. The Morgan fingerprint density at radius 2 is 1.77 bits per heavy atom. The number of halogens is 4. The van der Waals surface area contributed by atoms with Crippen LogP contribution in [-0.4, -0.2) is 50.2 Å². The summed E-state index contributed by atoms with van der Waals surface area (Å²) in [5.41, 5.74) is 1.11. The fraction of sp³-hybridized carbons (Fsp3) is 0.409. The van der Waals surface area contributed by atoms with Crippen molar-refractivity contribution in [3.05, 3.63) is 65.5 Å². The van der Waals surface area contributed by atoms with Crippen molar-refractivity contribution < 1.29 is 17.9 Å². The summed E-state index contributed by atoms with van der Waals surface area (Å²) in [4.78, 5) is 6.59. The molecule has 2 aromatic carbocycles. The molecule has 170 valence electrons. The summed E-state index contributed by atoms with van der Waals surface area (Å²) in [5, 5.41) is 6.58. The van der Waals surface area contributed by atoms with Gasteiger partial charge in [0.25, 0.3) is 0 Å². The molecule has 2 aromatic rings. The van der Waals surface area contributed by atoms with E-state index in [9.17, 15) is 13.2 Å². The predicted octanol–water partition coefficient (Wildman–Crippen LogP) is 3.93.